The van der Waals surface area contributed by atoms with E-state index in [-0.39, 0.29) is 11.6 Å². The number of aryl methyl sites for hydroxylation is 1. The van der Waals surface area contributed by atoms with Crippen LogP contribution in [-0.4, -0.2) is 33.0 Å². The van der Waals surface area contributed by atoms with Crippen molar-refractivity contribution in [1.29, 1.82) is 0 Å². The maximum Gasteiger partial charge on any atom is 0.138 e. The van der Waals surface area contributed by atoms with Gasteiger partial charge in [0.1, 0.15) is 12.2 Å². The molecule has 102 valence electrons. The number of rotatable bonds is 6. The third-order valence-electron chi connectivity index (χ3n) is 3.96. The second-order valence-electron chi connectivity index (χ2n) is 5.01. The van der Waals surface area contributed by atoms with Gasteiger partial charge in [-0.05, 0) is 26.7 Å². The number of aromatic nitrogens is 3. The van der Waals surface area contributed by atoms with Crippen molar-refractivity contribution >= 4 is 0 Å². The first kappa shape index (κ1) is 13.5. The zero-order valence-corrected chi connectivity index (χ0v) is 11.4. The van der Waals surface area contributed by atoms with E-state index in [1.165, 1.54) is 12.8 Å². The molecule has 1 unspecified atom stereocenters. The molecule has 1 aromatic rings. The molecule has 18 heavy (non-hydrogen) atoms. The van der Waals surface area contributed by atoms with E-state index in [4.69, 9.17) is 10.5 Å². The van der Waals surface area contributed by atoms with Crippen molar-refractivity contribution in [3.05, 3.63) is 12.2 Å². The minimum atomic E-state index is -0.140. The maximum absolute atomic E-state index is 6.41. The molecule has 2 N–H and O–H groups in total. The molecule has 1 aliphatic carbocycles. The van der Waals surface area contributed by atoms with Gasteiger partial charge in [-0.3, -0.25) is 4.68 Å². The Morgan fingerprint density at radius 3 is 2.78 bits per heavy atom. The fourth-order valence-electron chi connectivity index (χ4n) is 2.98. The Hall–Kier alpha value is -0.940. The topological polar surface area (TPSA) is 66.0 Å². The molecule has 1 aromatic heterocycles. The van der Waals surface area contributed by atoms with Gasteiger partial charge in [0.2, 0.25) is 0 Å². The number of hydrogen-bond acceptors (Lipinski definition) is 4. The average Bonchev–Trinajstić information content (AvgIpc) is 2.99. The predicted molar refractivity (Wildman–Crippen MR) is 70.2 cm³/mol. The van der Waals surface area contributed by atoms with Crippen LogP contribution in [0.15, 0.2) is 6.33 Å². The number of hydrogen-bond donors (Lipinski definition) is 1. The quantitative estimate of drug-likeness (QED) is 0.833. The normalized spacial score (nSPS) is 20.2. The van der Waals surface area contributed by atoms with Crippen LogP contribution in [0.4, 0.5) is 0 Å². The largest absolute Gasteiger partial charge is 0.374 e. The van der Waals surface area contributed by atoms with Crippen LogP contribution < -0.4 is 5.73 Å². The highest BCUT2D eigenvalue weighted by Gasteiger charge is 2.40. The summed E-state index contributed by atoms with van der Waals surface area (Å²) in [6.45, 7) is 5.68. The first-order valence-corrected chi connectivity index (χ1v) is 6.98. The summed E-state index contributed by atoms with van der Waals surface area (Å²) < 4.78 is 7.90. The van der Waals surface area contributed by atoms with Crippen LogP contribution in [0, 0.1) is 0 Å². The molecule has 5 nitrogen and oxygen atoms in total. The van der Waals surface area contributed by atoms with Gasteiger partial charge < -0.3 is 10.5 Å². The Bertz CT molecular complexity index is 371. The molecule has 1 aliphatic rings. The monoisotopic (exact) mass is 252 g/mol. The lowest BCUT2D eigenvalue weighted by molar-refractivity contribution is -0.0530. The van der Waals surface area contributed by atoms with Gasteiger partial charge in [-0.15, -0.1) is 0 Å². The molecule has 0 aliphatic heterocycles. The molecule has 0 amide bonds. The minimum absolute atomic E-state index is 0.00875. The third-order valence-corrected chi connectivity index (χ3v) is 3.96. The van der Waals surface area contributed by atoms with E-state index in [1.807, 2.05) is 11.6 Å². The number of nitrogens with zero attached hydrogens (tertiary/aromatic N) is 3. The Morgan fingerprint density at radius 2 is 2.17 bits per heavy atom. The van der Waals surface area contributed by atoms with E-state index in [9.17, 15) is 0 Å². The van der Waals surface area contributed by atoms with Gasteiger partial charge in [0.15, 0.2) is 0 Å². The molecule has 1 heterocycles. The fourth-order valence-corrected chi connectivity index (χ4v) is 2.98. The molecule has 1 atom stereocenters. The number of nitrogens with two attached hydrogens (primary N) is 1. The van der Waals surface area contributed by atoms with Crippen LogP contribution in [0.1, 0.15) is 45.4 Å². The fraction of sp³-hybridized carbons (Fsp3) is 0.846. The van der Waals surface area contributed by atoms with Crippen LogP contribution in [0.2, 0.25) is 0 Å². The van der Waals surface area contributed by atoms with Crippen LogP contribution in [0.25, 0.3) is 0 Å². The first-order valence-electron chi connectivity index (χ1n) is 6.98. The number of ether oxygens (including phenoxy) is 1. The zero-order valence-electron chi connectivity index (χ0n) is 11.4. The van der Waals surface area contributed by atoms with Crippen molar-refractivity contribution in [3.8, 4) is 0 Å². The summed E-state index contributed by atoms with van der Waals surface area (Å²) in [6, 6.07) is 0.00875. The van der Waals surface area contributed by atoms with Crippen molar-refractivity contribution in [2.24, 2.45) is 5.73 Å². The average molecular weight is 252 g/mol. The summed E-state index contributed by atoms with van der Waals surface area (Å²) in [5.74, 6) is 0.968. The second-order valence-corrected chi connectivity index (χ2v) is 5.01. The van der Waals surface area contributed by atoms with Crippen molar-refractivity contribution in [1.82, 2.24) is 14.8 Å². The zero-order chi connectivity index (χ0) is 13.0. The molecule has 0 spiro atoms. The lowest BCUT2D eigenvalue weighted by Crippen LogP contribution is -2.49. The van der Waals surface area contributed by atoms with E-state index in [0.29, 0.717) is 0 Å². The molecule has 1 fully saturated rings. The SMILES string of the molecule is CCOC1(C(N)Cc2ncnn2CC)CCCC1. The smallest absolute Gasteiger partial charge is 0.138 e. The van der Waals surface area contributed by atoms with Crippen LogP contribution in [0.5, 0.6) is 0 Å². The molecule has 0 saturated heterocycles. The standard InChI is InChI=1S/C13H24N4O/c1-3-17-12(15-10-16-17)9-11(14)13(18-4-2)7-5-6-8-13/h10-11H,3-9,14H2,1-2H3. The highest BCUT2D eigenvalue weighted by molar-refractivity contribution is 5.01. The van der Waals surface area contributed by atoms with Crippen molar-refractivity contribution < 1.29 is 4.74 Å². The van der Waals surface area contributed by atoms with Gasteiger partial charge in [0, 0.05) is 25.6 Å². The Kier molecular flexibility index (Phi) is 4.35. The minimum Gasteiger partial charge on any atom is -0.374 e. The molecule has 0 aromatic carbocycles. The lowest BCUT2D eigenvalue weighted by Gasteiger charge is -2.34. The van der Waals surface area contributed by atoms with E-state index in [1.54, 1.807) is 6.33 Å². The third kappa shape index (κ3) is 2.57. The van der Waals surface area contributed by atoms with Crippen molar-refractivity contribution in [3.63, 3.8) is 0 Å². The van der Waals surface area contributed by atoms with Gasteiger partial charge in [-0.1, -0.05) is 12.8 Å². The lowest BCUT2D eigenvalue weighted by atomic mass is 9.90. The van der Waals surface area contributed by atoms with E-state index in [0.717, 1.165) is 38.2 Å². The summed E-state index contributed by atoms with van der Waals surface area (Å²) in [5, 5.41) is 4.19. The predicted octanol–water partition coefficient (Wildman–Crippen LogP) is 1.52. The van der Waals surface area contributed by atoms with E-state index in [2.05, 4.69) is 17.0 Å². The van der Waals surface area contributed by atoms with E-state index >= 15 is 0 Å². The summed E-state index contributed by atoms with van der Waals surface area (Å²) >= 11 is 0. The Balaban J connectivity index is 2.07. The first-order chi connectivity index (χ1) is 8.72. The molecule has 0 bridgehead atoms. The van der Waals surface area contributed by atoms with Crippen LogP contribution >= 0.6 is 0 Å². The molecular weight excluding hydrogens is 228 g/mol. The van der Waals surface area contributed by atoms with Gasteiger partial charge in [-0.2, -0.15) is 5.10 Å². The highest BCUT2D eigenvalue weighted by atomic mass is 16.5. The van der Waals surface area contributed by atoms with Crippen LogP contribution in [0.3, 0.4) is 0 Å². The second kappa shape index (κ2) is 5.80. The highest BCUT2D eigenvalue weighted by Crippen LogP contribution is 2.36. The summed E-state index contributed by atoms with van der Waals surface area (Å²) in [4.78, 5) is 4.31. The van der Waals surface area contributed by atoms with Crippen LogP contribution in [-0.2, 0) is 17.7 Å². The molecule has 2 rings (SSSR count). The Morgan fingerprint density at radius 1 is 1.44 bits per heavy atom. The van der Waals surface area contributed by atoms with Gasteiger partial charge >= 0.3 is 0 Å². The summed E-state index contributed by atoms with van der Waals surface area (Å²) in [7, 11) is 0. The van der Waals surface area contributed by atoms with Crippen molar-refractivity contribution in [2.45, 2.75) is 64.1 Å². The van der Waals surface area contributed by atoms with E-state index < -0.39 is 0 Å². The Labute approximate surface area is 109 Å². The summed E-state index contributed by atoms with van der Waals surface area (Å²) in [5.41, 5.74) is 6.27. The van der Waals surface area contributed by atoms with Crippen molar-refractivity contribution in [2.75, 3.05) is 6.61 Å². The molecule has 5 heteroatoms. The maximum atomic E-state index is 6.41. The van der Waals surface area contributed by atoms with Gasteiger partial charge in [0.25, 0.3) is 0 Å². The van der Waals surface area contributed by atoms with Gasteiger partial charge in [0.05, 0.1) is 5.60 Å². The molecular formula is C13H24N4O. The molecule has 1 saturated carbocycles. The molecule has 0 radical (unpaired) electrons. The summed E-state index contributed by atoms with van der Waals surface area (Å²) in [6.07, 6.45) is 6.92. The van der Waals surface area contributed by atoms with Gasteiger partial charge in [-0.25, -0.2) is 4.98 Å².